The third-order valence-electron chi connectivity index (χ3n) is 3.49. The fourth-order valence-electron chi connectivity index (χ4n) is 2.22. The van der Waals surface area contributed by atoms with Gasteiger partial charge in [-0.3, -0.25) is 9.59 Å². The summed E-state index contributed by atoms with van der Waals surface area (Å²) in [5.74, 6) is -1.96. The number of carbonyl (C=O) groups excluding carboxylic acids is 2. The number of aryl methyl sites for hydroxylation is 1. The van der Waals surface area contributed by atoms with Gasteiger partial charge in [-0.1, -0.05) is 0 Å². The minimum absolute atomic E-state index is 0.0281. The van der Waals surface area contributed by atoms with Gasteiger partial charge in [-0.25, -0.2) is 0 Å². The molecule has 2 aromatic rings. The van der Waals surface area contributed by atoms with Crippen LogP contribution in [-0.4, -0.2) is 30.4 Å². The number of hydrogen-bond acceptors (Lipinski definition) is 4. The zero-order valence-corrected chi connectivity index (χ0v) is 15.2. The average molecular weight is 402 g/mol. The van der Waals surface area contributed by atoms with Crippen molar-refractivity contribution in [2.75, 3.05) is 5.32 Å². The molecule has 6 nitrogen and oxygen atoms in total. The second-order valence-electron chi connectivity index (χ2n) is 6.19. The molecule has 2 rings (SSSR count). The van der Waals surface area contributed by atoms with Gasteiger partial charge in [-0.15, -0.1) is 0 Å². The predicted octanol–water partition coefficient (Wildman–Crippen LogP) is 4.22. The molecule has 0 atom stereocenters. The number of ether oxygens (including phenoxy) is 1. The maximum atomic E-state index is 13.0. The Labute approximate surface area is 157 Å². The molecular weight excluding hydrogens is 384 g/mol. The monoisotopic (exact) mass is 402 g/mol. The number of amides is 2. The summed E-state index contributed by atoms with van der Waals surface area (Å²) in [6, 6.07) is 4.47. The topological polar surface area (TPSA) is 80.6 Å². The summed E-state index contributed by atoms with van der Waals surface area (Å²) in [5.41, 5.74) is 0.500. The van der Waals surface area contributed by atoms with E-state index in [2.05, 4.69) is 15.4 Å². The molecule has 0 unspecified atom stereocenters. The Kier molecular flexibility index (Phi) is 6.32. The Balaban J connectivity index is 2.16. The highest BCUT2D eigenvalue weighted by molar-refractivity contribution is 6.10. The quantitative estimate of drug-likeness (QED) is 0.680. The van der Waals surface area contributed by atoms with Gasteiger partial charge >= 0.3 is 12.5 Å². The molecule has 0 aliphatic rings. The van der Waals surface area contributed by atoms with Crippen LogP contribution < -0.4 is 15.4 Å². The summed E-state index contributed by atoms with van der Waals surface area (Å²) < 4.78 is 59.5. The second-order valence-corrected chi connectivity index (χ2v) is 6.19. The van der Waals surface area contributed by atoms with E-state index in [0.29, 0.717) is 0 Å². The van der Waals surface area contributed by atoms with Crippen LogP contribution >= 0.6 is 0 Å². The van der Waals surface area contributed by atoms with Crippen molar-refractivity contribution in [1.82, 2.24) is 5.32 Å². The van der Waals surface area contributed by atoms with Gasteiger partial charge < -0.3 is 19.8 Å². The number of alkyl halides is 4. The molecule has 1 aromatic carbocycles. The third kappa shape index (κ3) is 5.02. The highest BCUT2D eigenvalue weighted by atomic mass is 19.3. The zero-order valence-electron chi connectivity index (χ0n) is 15.2. The van der Waals surface area contributed by atoms with E-state index in [1.807, 2.05) is 0 Å². The molecular formula is C18H18F4N2O4. The van der Waals surface area contributed by atoms with Crippen LogP contribution in [0.3, 0.4) is 0 Å². The van der Waals surface area contributed by atoms with Crippen LogP contribution in [0.25, 0.3) is 0 Å². The van der Waals surface area contributed by atoms with Crippen LogP contribution in [-0.2, 0) is 0 Å². The fourth-order valence-corrected chi connectivity index (χ4v) is 2.22. The predicted molar refractivity (Wildman–Crippen MR) is 92.0 cm³/mol. The van der Waals surface area contributed by atoms with Crippen molar-refractivity contribution in [3.8, 4) is 5.75 Å². The Hall–Kier alpha value is -3.04. The van der Waals surface area contributed by atoms with Crippen LogP contribution in [0, 0.1) is 6.92 Å². The normalized spacial score (nSPS) is 11.6. The van der Waals surface area contributed by atoms with E-state index in [1.54, 1.807) is 13.8 Å². The highest BCUT2D eigenvalue weighted by Gasteiger charge is 2.44. The summed E-state index contributed by atoms with van der Waals surface area (Å²) in [7, 11) is 0. The summed E-state index contributed by atoms with van der Waals surface area (Å²) in [5, 5.41) is 5.10. The molecule has 152 valence electrons. The first-order chi connectivity index (χ1) is 13.0. The molecule has 0 saturated carbocycles. The first-order valence-electron chi connectivity index (χ1n) is 8.16. The van der Waals surface area contributed by atoms with Crippen molar-refractivity contribution in [3.63, 3.8) is 0 Å². The smallest absolute Gasteiger partial charge is 0.458 e. The number of hydrogen-bond donors (Lipinski definition) is 2. The fraction of sp³-hybridized carbons (Fsp3) is 0.333. The van der Waals surface area contributed by atoms with E-state index in [-0.39, 0.29) is 28.6 Å². The molecule has 0 fully saturated rings. The Morgan fingerprint density at radius 2 is 1.82 bits per heavy atom. The van der Waals surface area contributed by atoms with Gasteiger partial charge in [-0.05, 0) is 50.6 Å². The van der Waals surface area contributed by atoms with E-state index in [0.717, 1.165) is 12.1 Å². The van der Waals surface area contributed by atoms with Crippen molar-refractivity contribution < 1.29 is 36.3 Å². The summed E-state index contributed by atoms with van der Waals surface area (Å²) in [4.78, 5) is 24.5. The molecule has 1 heterocycles. The SMILES string of the molecule is Cc1cc(OC(F)(F)C(F)F)ccc1NC(=O)c1occc1C(=O)NC(C)C. The van der Waals surface area contributed by atoms with Crippen molar-refractivity contribution in [2.24, 2.45) is 0 Å². The van der Waals surface area contributed by atoms with Gasteiger partial charge in [0.15, 0.2) is 0 Å². The van der Waals surface area contributed by atoms with Gasteiger partial charge in [-0.2, -0.15) is 17.6 Å². The first-order valence-corrected chi connectivity index (χ1v) is 8.16. The van der Waals surface area contributed by atoms with Crippen molar-refractivity contribution in [3.05, 3.63) is 47.4 Å². The van der Waals surface area contributed by atoms with Gasteiger partial charge in [0.1, 0.15) is 5.75 Å². The maximum absolute atomic E-state index is 13.0. The van der Waals surface area contributed by atoms with Gasteiger partial charge in [0, 0.05) is 11.7 Å². The zero-order chi connectivity index (χ0) is 21.1. The van der Waals surface area contributed by atoms with Crippen LogP contribution in [0.2, 0.25) is 0 Å². The van der Waals surface area contributed by atoms with Crippen LogP contribution in [0.1, 0.15) is 40.3 Å². The Morgan fingerprint density at radius 1 is 1.14 bits per heavy atom. The lowest BCUT2D eigenvalue weighted by atomic mass is 10.1. The van der Waals surface area contributed by atoms with E-state index in [9.17, 15) is 27.2 Å². The molecule has 28 heavy (non-hydrogen) atoms. The minimum atomic E-state index is -4.63. The van der Waals surface area contributed by atoms with Gasteiger partial charge in [0.2, 0.25) is 5.76 Å². The summed E-state index contributed by atoms with van der Waals surface area (Å²) in [6.45, 7) is 4.96. The maximum Gasteiger partial charge on any atom is 0.461 e. The van der Waals surface area contributed by atoms with E-state index >= 15 is 0 Å². The molecule has 0 radical (unpaired) electrons. The molecule has 0 spiro atoms. The van der Waals surface area contributed by atoms with Crippen molar-refractivity contribution in [1.29, 1.82) is 0 Å². The molecule has 0 saturated heterocycles. The molecule has 0 aliphatic heterocycles. The van der Waals surface area contributed by atoms with Crippen LogP contribution in [0.15, 0.2) is 34.9 Å². The number of rotatable bonds is 7. The van der Waals surface area contributed by atoms with Gasteiger partial charge in [0.25, 0.3) is 11.8 Å². The molecule has 2 N–H and O–H groups in total. The second kappa shape index (κ2) is 8.32. The average Bonchev–Trinajstić information content (AvgIpc) is 3.06. The number of carbonyl (C=O) groups is 2. The van der Waals surface area contributed by atoms with E-state index < -0.39 is 30.1 Å². The number of anilines is 1. The largest absolute Gasteiger partial charge is 0.461 e. The molecule has 2 amide bonds. The summed E-state index contributed by atoms with van der Waals surface area (Å²) >= 11 is 0. The molecule has 10 heteroatoms. The number of benzene rings is 1. The summed E-state index contributed by atoms with van der Waals surface area (Å²) in [6.07, 6.45) is -7.44. The Bertz CT molecular complexity index is 865. The van der Waals surface area contributed by atoms with Crippen molar-refractivity contribution in [2.45, 2.75) is 39.3 Å². The van der Waals surface area contributed by atoms with E-state index in [4.69, 9.17) is 4.42 Å². The number of nitrogens with one attached hydrogen (secondary N) is 2. The molecule has 1 aromatic heterocycles. The first kappa shape index (κ1) is 21.3. The van der Waals surface area contributed by atoms with Crippen LogP contribution in [0.5, 0.6) is 5.75 Å². The highest BCUT2D eigenvalue weighted by Crippen LogP contribution is 2.30. The minimum Gasteiger partial charge on any atom is -0.458 e. The van der Waals surface area contributed by atoms with Crippen LogP contribution in [0.4, 0.5) is 23.2 Å². The Morgan fingerprint density at radius 3 is 2.39 bits per heavy atom. The molecule has 0 aliphatic carbocycles. The third-order valence-corrected chi connectivity index (χ3v) is 3.49. The van der Waals surface area contributed by atoms with Crippen molar-refractivity contribution >= 4 is 17.5 Å². The lowest BCUT2D eigenvalue weighted by molar-refractivity contribution is -0.253. The van der Waals surface area contributed by atoms with Gasteiger partial charge in [0.05, 0.1) is 11.8 Å². The standard InChI is InChI=1S/C18H18F4N2O4/c1-9(2)23-15(25)12-6-7-27-14(12)16(26)24-13-5-4-11(8-10(13)3)28-18(21,22)17(19)20/h4-9,17H,1-3H3,(H,23,25)(H,24,26). The number of furan rings is 1. The lowest BCUT2D eigenvalue weighted by Gasteiger charge is -2.18. The lowest BCUT2D eigenvalue weighted by Crippen LogP contribution is -2.33. The van der Waals surface area contributed by atoms with E-state index in [1.165, 1.54) is 25.3 Å². The number of halogens is 4. The molecule has 0 bridgehead atoms.